The second kappa shape index (κ2) is 7.74. The van der Waals surface area contributed by atoms with Crippen LogP contribution in [0.1, 0.15) is 21.5 Å². The van der Waals surface area contributed by atoms with Crippen LogP contribution in [0.2, 0.25) is 0 Å². The first-order valence-electron chi connectivity index (χ1n) is 8.29. The van der Waals surface area contributed by atoms with Gasteiger partial charge in [-0.2, -0.15) is 0 Å². The summed E-state index contributed by atoms with van der Waals surface area (Å²) in [4.78, 5) is 11.8. The maximum atomic E-state index is 11.8. The van der Waals surface area contributed by atoms with Crippen molar-refractivity contribution in [3.63, 3.8) is 0 Å². The Morgan fingerprint density at radius 2 is 1.62 bits per heavy atom. The van der Waals surface area contributed by atoms with Crippen LogP contribution in [0.5, 0.6) is 11.5 Å². The summed E-state index contributed by atoms with van der Waals surface area (Å²) < 4.78 is 11.4. The minimum atomic E-state index is -1.04. The summed E-state index contributed by atoms with van der Waals surface area (Å²) in [6.07, 6.45) is 0. The quantitative estimate of drug-likeness (QED) is 0.685. The van der Waals surface area contributed by atoms with Crippen LogP contribution in [0.3, 0.4) is 0 Å². The number of benzene rings is 3. The summed E-state index contributed by atoms with van der Waals surface area (Å²) in [6, 6.07) is 21.1. The molecular formula is C22H20O4. The van der Waals surface area contributed by atoms with Gasteiger partial charge in [0.15, 0.2) is 0 Å². The van der Waals surface area contributed by atoms with Crippen molar-refractivity contribution in [1.29, 1.82) is 0 Å². The summed E-state index contributed by atoms with van der Waals surface area (Å²) >= 11 is 0. The first-order valence-corrected chi connectivity index (χ1v) is 8.29. The van der Waals surface area contributed by atoms with Crippen molar-refractivity contribution in [2.45, 2.75) is 13.5 Å². The number of carbonyl (C=O) groups is 1. The molecule has 4 nitrogen and oxygen atoms in total. The molecule has 0 amide bonds. The van der Waals surface area contributed by atoms with Crippen molar-refractivity contribution in [3.05, 3.63) is 83.4 Å². The Morgan fingerprint density at radius 1 is 1.00 bits per heavy atom. The van der Waals surface area contributed by atoms with Crippen molar-refractivity contribution in [2.75, 3.05) is 7.11 Å². The van der Waals surface area contributed by atoms with E-state index in [-0.39, 0.29) is 5.56 Å². The molecule has 0 aromatic heterocycles. The number of methoxy groups -OCH3 is 1. The Labute approximate surface area is 152 Å². The van der Waals surface area contributed by atoms with Gasteiger partial charge in [0, 0.05) is 11.1 Å². The predicted molar refractivity (Wildman–Crippen MR) is 101 cm³/mol. The number of hydrogen-bond donors (Lipinski definition) is 1. The van der Waals surface area contributed by atoms with Crippen molar-refractivity contribution >= 4 is 5.97 Å². The number of rotatable bonds is 6. The highest BCUT2D eigenvalue weighted by Gasteiger charge is 2.22. The van der Waals surface area contributed by atoms with Crippen molar-refractivity contribution in [2.24, 2.45) is 0 Å². The molecule has 0 saturated heterocycles. The highest BCUT2D eigenvalue weighted by atomic mass is 16.5. The fourth-order valence-electron chi connectivity index (χ4n) is 2.98. The van der Waals surface area contributed by atoms with E-state index in [1.54, 1.807) is 20.1 Å². The Morgan fingerprint density at radius 3 is 2.19 bits per heavy atom. The van der Waals surface area contributed by atoms with E-state index in [2.05, 4.69) is 0 Å². The van der Waals surface area contributed by atoms with Crippen molar-refractivity contribution in [3.8, 4) is 22.6 Å². The Hall–Kier alpha value is -3.27. The summed E-state index contributed by atoms with van der Waals surface area (Å²) in [5.41, 5.74) is 3.38. The Kier molecular flexibility index (Phi) is 5.23. The molecular weight excluding hydrogens is 328 g/mol. The first-order chi connectivity index (χ1) is 12.6. The van der Waals surface area contributed by atoms with E-state index in [9.17, 15) is 9.90 Å². The number of carboxylic acids is 1. The van der Waals surface area contributed by atoms with Crippen LogP contribution in [0.4, 0.5) is 0 Å². The highest BCUT2D eigenvalue weighted by Crippen LogP contribution is 2.40. The van der Waals surface area contributed by atoms with Gasteiger partial charge in [-0.05, 0) is 24.1 Å². The van der Waals surface area contributed by atoms with Gasteiger partial charge in [-0.15, -0.1) is 0 Å². The third kappa shape index (κ3) is 3.54. The molecule has 1 N–H and O–H groups in total. The highest BCUT2D eigenvalue weighted by molar-refractivity contribution is 5.95. The van der Waals surface area contributed by atoms with Crippen LogP contribution in [-0.2, 0) is 6.61 Å². The third-order valence-electron chi connectivity index (χ3n) is 4.22. The van der Waals surface area contributed by atoms with Gasteiger partial charge in [0.1, 0.15) is 23.7 Å². The molecule has 3 aromatic rings. The normalized spacial score (nSPS) is 10.4. The van der Waals surface area contributed by atoms with Crippen LogP contribution in [0, 0.1) is 6.92 Å². The second-order valence-corrected chi connectivity index (χ2v) is 5.90. The standard InChI is InChI=1S/C22H20O4/c1-15-20(22(23)24)19(26-14-16-9-5-3-6-10-16)13-18(21(15)25-2)17-11-7-4-8-12-17/h3-13H,14H2,1-2H3,(H,23,24). The van der Waals surface area contributed by atoms with E-state index in [1.165, 1.54) is 0 Å². The Bertz CT molecular complexity index is 902. The molecule has 0 spiro atoms. The maximum absolute atomic E-state index is 11.8. The van der Waals surface area contributed by atoms with E-state index in [0.29, 0.717) is 23.7 Å². The zero-order valence-electron chi connectivity index (χ0n) is 14.7. The average molecular weight is 348 g/mol. The number of carboxylic acid groups (broad SMARTS) is 1. The van der Waals surface area contributed by atoms with Crippen LogP contribution >= 0.6 is 0 Å². The van der Waals surface area contributed by atoms with Gasteiger partial charge in [-0.25, -0.2) is 4.79 Å². The van der Waals surface area contributed by atoms with E-state index in [1.807, 2.05) is 60.7 Å². The molecule has 0 unspecified atom stereocenters. The van der Waals surface area contributed by atoms with Crippen LogP contribution < -0.4 is 9.47 Å². The van der Waals surface area contributed by atoms with E-state index >= 15 is 0 Å². The van der Waals surface area contributed by atoms with Gasteiger partial charge in [-0.3, -0.25) is 0 Å². The minimum absolute atomic E-state index is 0.123. The van der Waals surface area contributed by atoms with Gasteiger partial charge in [0.25, 0.3) is 0 Å². The largest absolute Gasteiger partial charge is 0.496 e. The average Bonchev–Trinajstić information content (AvgIpc) is 2.67. The van der Waals surface area contributed by atoms with Gasteiger partial charge in [0.2, 0.25) is 0 Å². The molecule has 0 atom stereocenters. The van der Waals surface area contributed by atoms with E-state index < -0.39 is 5.97 Å². The predicted octanol–water partition coefficient (Wildman–Crippen LogP) is 4.95. The molecule has 4 heteroatoms. The SMILES string of the molecule is COc1c(-c2ccccc2)cc(OCc2ccccc2)c(C(=O)O)c1C. The zero-order chi connectivity index (χ0) is 18.5. The van der Waals surface area contributed by atoms with E-state index in [4.69, 9.17) is 9.47 Å². The summed E-state index contributed by atoms with van der Waals surface area (Å²) in [6.45, 7) is 2.03. The molecule has 3 rings (SSSR count). The maximum Gasteiger partial charge on any atom is 0.339 e. The summed E-state index contributed by atoms with van der Waals surface area (Å²) in [5, 5.41) is 9.69. The number of hydrogen-bond acceptors (Lipinski definition) is 3. The minimum Gasteiger partial charge on any atom is -0.496 e. The number of ether oxygens (including phenoxy) is 2. The molecule has 3 aromatic carbocycles. The molecule has 0 fully saturated rings. The molecule has 0 radical (unpaired) electrons. The van der Waals surface area contributed by atoms with Crippen molar-refractivity contribution in [1.82, 2.24) is 0 Å². The lowest BCUT2D eigenvalue weighted by molar-refractivity contribution is 0.0690. The second-order valence-electron chi connectivity index (χ2n) is 5.90. The third-order valence-corrected chi connectivity index (χ3v) is 4.22. The summed E-state index contributed by atoms with van der Waals surface area (Å²) in [5.74, 6) is -0.164. The lowest BCUT2D eigenvalue weighted by Gasteiger charge is -2.18. The van der Waals surface area contributed by atoms with Gasteiger partial charge in [-0.1, -0.05) is 60.7 Å². The first kappa shape index (κ1) is 17.5. The molecule has 0 aliphatic carbocycles. The smallest absolute Gasteiger partial charge is 0.339 e. The monoisotopic (exact) mass is 348 g/mol. The fourth-order valence-corrected chi connectivity index (χ4v) is 2.98. The van der Waals surface area contributed by atoms with E-state index in [0.717, 1.165) is 16.7 Å². The topological polar surface area (TPSA) is 55.8 Å². The molecule has 0 heterocycles. The molecule has 0 aliphatic heterocycles. The van der Waals surface area contributed by atoms with Crippen molar-refractivity contribution < 1.29 is 19.4 Å². The van der Waals surface area contributed by atoms with Gasteiger partial charge < -0.3 is 14.6 Å². The lowest BCUT2D eigenvalue weighted by Crippen LogP contribution is -2.08. The molecule has 132 valence electrons. The van der Waals surface area contributed by atoms with Crippen LogP contribution in [0.25, 0.3) is 11.1 Å². The summed E-state index contributed by atoms with van der Waals surface area (Å²) in [7, 11) is 1.55. The number of aromatic carboxylic acids is 1. The Balaban J connectivity index is 2.09. The van der Waals surface area contributed by atoms with Gasteiger partial charge >= 0.3 is 5.97 Å². The van der Waals surface area contributed by atoms with Crippen LogP contribution in [-0.4, -0.2) is 18.2 Å². The molecule has 26 heavy (non-hydrogen) atoms. The van der Waals surface area contributed by atoms with Gasteiger partial charge in [0.05, 0.1) is 7.11 Å². The van der Waals surface area contributed by atoms with Crippen LogP contribution in [0.15, 0.2) is 66.7 Å². The fraction of sp³-hybridized carbons (Fsp3) is 0.136. The molecule has 0 bridgehead atoms. The molecule has 0 saturated carbocycles. The lowest BCUT2D eigenvalue weighted by atomic mass is 9.97. The zero-order valence-corrected chi connectivity index (χ0v) is 14.7. The molecule has 0 aliphatic rings.